The molecule has 104 valence electrons. The van der Waals surface area contributed by atoms with E-state index >= 15 is 0 Å². The molecule has 0 radical (unpaired) electrons. The molecule has 0 bridgehead atoms. The first-order valence-electron chi connectivity index (χ1n) is 7.52. The van der Waals surface area contributed by atoms with E-state index in [9.17, 15) is 0 Å². The van der Waals surface area contributed by atoms with E-state index in [1.165, 1.54) is 28.3 Å². The lowest BCUT2D eigenvalue weighted by molar-refractivity contribution is 0.674. The summed E-state index contributed by atoms with van der Waals surface area (Å²) in [4.78, 5) is 4.35. The van der Waals surface area contributed by atoms with Crippen LogP contribution in [0.4, 0.5) is 0 Å². The Labute approximate surface area is 124 Å². The fourth-order valence-corrected chi connectivity index (χ4v) is 3.05. The van der Waals surface area contributed by atoms with Crippen LogP contribution < -0.4 is 5.32 Å². The summed E-state index contributed by atoms with van der Waals surface area (Å²) in [6, 6.07) is 19.8. The van der Waals surface area contributed by atoms with Gasteiger partial charge in [0.15, 0.2) is 0 Å². The van der Waals surface area contributed by atoms with E-state index < -0.39 is 0 Å². The Morgan fingerprint density at radius 3 is 2.67 bits per heavy atom. The van der Waals surface area contributed by atoms with Crippen LogP contribution in [-0.2, 0) is 6.54 Å². The zero-order valence-corrected chi connectivity index (χ0v) is 11.9. The summed E-state index contributed by atoms with van der Waals surface area (Å²) in [6.07, 6.45) is 5.15. The average Bonchev–Trinajstić information content (AvgIpc) is 3.33. The molecular weight excluding hydrogens is 256 g/mol. The number of pyridine rings is 1. The monoisotopic (exact) mass is 274 g/mol. The van der Waals surface area contributed by atoms with E-state index in [2.05, 4.69) is 64.9 Å². The SMILES string of the molecule is c1ccc(C2CC2NCc2cncc3ccccc23)cc1. The lowest BCUT2D eigenvalue weighted by atomic mass is 10.1. The molecule has 0 aliphatic heterocycles. The molecule has 1 aromatic heterocycles. The normalized spacial score (nSPS) is 20.6. The molecule has 2 nitrogen and oxygen atoms in total. The molecule has 1 heterocycles. The van der Waals surface area contributed by atoms with Crippen LogP contribution in [0.5, 0.6) is 0 Å². The summed E-state index contributed by atoms with van der Waals surface area (Å²) < 4.78 is 0. The minimum atomic E-state index is 0.603. The van der Waals surface area contributed by atoms with Gasteiger partial charge in [0.1, 0.15) is 0 Å². The van der Waals surface area contributed by atoms with Crippen molar-refractivity contribution in [3.8, 4) is 0 Å². The van der Waals surface area contributed by atoms with E-state index in [4.69, 9.17) is 0 Å². The highest BCUT2D eigenvalue weighted by atomic mass is 15.0. The Bertz CT molecular complexity index is 746. The van der Waals surface area contributed by atoms with E-state index in [0.29, 0.717) is 12.0 Å². The van der Waals surface area contributed by atoms with Crippen LogP contribution in [0.2, 0.25) is 0 Å². The van der Waals surface area contributed by atoms with Crippen molar-refractivity contribution < 1.29 is 0 Å². The van der Waals surface area contributed by atoms with Crippen LogP contribution in [0.15, 0.2) is 67.0 Å². The van der Waals surface area contributed by atoms with E-state index in [-0.39, 0.29) is 0 Å². The topological polar surface area (TPSA) is 24.9 Å². The van der Waals surface area contributed by atoms with Crippen molar-refractivity contribution in [2.24, 2.45) is 0 Å². The lowest BCUT2D eigenvalue weighted by Gasteiger charge is -2.07. The van der Waals surface area contributed by atoms with Crippen molar-refractivity contribution in [3.63, 3.8) is 0 Å². The Kier molecular flexibility index (Phi) is 3.17. The van der Waals surface area contributed by atoms with Crippen molar-refractivity contribution in [3.05, 3.63) is 78.1 Å². The highest BCUT2D eigenvalue weighted by Crippen LogP contribution is 2.40. The highest BCUT2D eigenvalue weighted by Gasteiger charge is 2.37. The van der Waals surface area contributed by atoms with Gasteiger partial charge in [-0.2, -0.15) is 0 Å². The molecule has 1 saturated carbocycles. The number of hydrogen-bond acceptors (Lipinski definition) is 2. The first-order valence-corrected chi connectivity index (χ1v) is 7.52. The first-order chi connectivity index (χ1) is 10.4. The van der Waals surface area contributed by atoms with Crippen LogP contribution in [0.3, 0.4) is 0 Å². The zero-order chi connectivity index (χ0) is 14.1. The Hall–Kier alpha value is -2.19. The number of hydrogen-bond donors (Lipinski definition) is 1. The molecular formula is C19H18N2. The zero-order valence-electron chi connectivity index (χ0n) is 11.9. The third-order valence-electron chi connectivity index (χ3n) is 4.32. The van der Waals surface area contributed by atoms with Gasteiger partial charge >= 0.3 is 0 Å². The van der Waals surface area contributed by atoms with E-state index in [1.807, 2.05) is 12.4 Å². The largest absolute Gasteiger partial charge is 0.309 e. The maximum absolute atomic E-state index is 4.35. The number of rotatable bonds is 4. The molecule has 3 aromatic rings. The van der Waals surface area contributed by atoms with Crippen molar-refractivity contribution in [1.82, 2.24) is 10.3 Å². The second-order valence-electron chi connectivity index (χ2n) is 5.76. The number of fused-ring (bicyclic) bond motifs is 1. The van der Waals surface area contributed by atoms with Crippen molar-refractivity contribution in [2.45, 2.75) is 24.9 Å². The molecule has 1 aliphatic carbocycles. The van der Waals surface area contributed by atoms with Gasteiger partial charge in [-0.05, 0) is 22.9 Å². The smallest absolute Gasteiger partial charge is 0.0346 e. The third-order valence-corrected chi connectivity index (χ3v) is 4.32. The average molecular weight is 274 g/mol. The van der Waals surface area contributed by atoms with Gasteiger partial charge in [-0.1, -0.05) is 54.6 Å². The molecule has 21 heavy (non-hydrogen) atoms. The maximum atomic E-state index is 4.35. The summed E-state index contributed by atoms with van der Waals surface area (Å²) in [5.74, 6) is 0.675. The Morgan fingerprint density at radius 1 is 0.952 bits per heavy atom. The fourth-order valence-electron chi connectivity index (χ4n) is 3.05. The van der Waals surface area contributed by atoms with Crippen LogP contribution in [0.1, 0.15) is 23.5 Å². The number of nitrogens with one attached hydrogen (secondary N) is 1. The molecule has 4 rings (SSSR count). The molecule has 0 spiro atoms. The highest BCUT2D eigenvalue weighted by molar-refractivity contribution is 5.84. The molecule has 1 fully saturated rings. The molecule has 1 aliphatic rings. The van der Waals surface area contributed by atoms with Gasteiger partial charge in [0.05, 0.1) is 0 Å². The summed E-state index contributed by atoms with van der Waals surface area (Å²) in [5.41, 5.74) is 2.73. The second kappa shape index (κ2) is 5.30. The second-order valence-corrected chi connectivity index (χ2v) is 5.76. The minimum absolute atomic E-state index is 0.603. The van der Waals surface area contributed by atoms with Crippen LogP contribution in [-0.4, -0.2) is 11.0 Å². The van der Waals surface area contributed by atoms with Gasteiger partial charge < -0.3 is 5.32 Å². The molecule has 1 N–H and O–H groups in total. The van der Waals surface area contributed by atoms with Gasteiger partial charge in [-0.3, -0.25) is 4.98 Å². The molecule has 2 unspecified atom stereocenters. The molecule has 2 aromatic carbocycles. The van der Waals surface area contributed by atoms with Crippen LogP contribution >= 0.6 is 0 Å². The standard InChI is InChI=1S/C19H18N2/c1-2-6-14(7-3-1)18-10-19(18)21-13-16-12-20-11-15-8-4-5-9-17(15)16/h1-9,11-12,18-19,21H,10,13H2. The summed E-state index contributed by atoms with van der Waals surface area (Å²) >= 11 is 0. The minimum Gasteiger partial charge on any atom is -0.309 e. The van der Waals surface area contributed by atoms with Crippen LogP contribution in [0, 0.1) is 0 Å². The first kappa shape index (κ1) is 12.5. The maximum Gasteiger partial charge on any atom is 0.0346 e. The van der Waals surface area contributed by atoms with Crippen molar-refractivity contribution in [1.29, 1.82) is 0 Å². The predicted octanol–water partition coefficient (Wildman–Crippen LogP) is 3.88. The van der Waals surface area contributed by atoms with Gasteiger partial charge in [0.25, 0.3) is 0 Å². The van der Waals surface area contributed by atoms with Gasteiger partial charge in [-0.25, -0.2) is 0 Å². The summed E-state index contributed by atoms with van der Waals surface area (Å²) in [7, 11) is 0. The molecule has 2 atom stereocenters. The van der Waals surface area contributed by atoms with Crippen LogP contribution in [0.25, 0.3) is 10.8 Å². The van der Waals surface area contributed by atoms with E-state index in [0.717, 1.165) is 6.54 Å². The number of nitrogens with zero attached hydrogens (tertiary/aromatic N) is 1. The lowest BCUT2D eigenvalue weighted by Crippen LogP contribution is -2.17. The predicted molar refractivity (Wildman–Crippen MR) is 86.2 cm³/mol. The summed E-state index contributed by atoms with van der Waals surface area (Å²) in [6.45, 7) is 0.891. The van der Waals surface area contributed by atoms with Gasteiger partial charge in [-0.15, -0.1) is 0 Å². The van der Waals surface area contributed by atoms with E-state index in [1.54, 1.807) is 0 Å². The Morgan fingerprint density at radius 2 is 1.76 bits per heavy atom. The van der Waals surface area contributed by atoms with Gasteiger partial charge in [0, 0.05) is 36.3 Å². The summed E-state index contributed by atoms with van der Waals surface area (Å²) in [5, 5.41) is 6.19. The number of aromatic nitrogens is 1. The fraction of sp³-hybridized carbons (Fsp3) is 0.211. The third kappa shape index (κ3) is 2.55. The molecule has 2 heteroatoms. The number of benzene rings is 2. The van der Waals surface area contributed by atoms with Crippen molar-refractivity contribution in [2.75, 3.05) is 0 Å². The molecule has 0 amide bonds. The van der Waals surface area contributed by atoms with Crippen molar-refractivity contribution >= 4 is 10.8 Å². The Balaban J connectivity index is 1.46. The van der Waals surface area contributed by atoms with Gasteiger partial charge in [0.2, 0.25) is 0 Å². The quantitative estimate of drug-likeness (QED) is 0.781. The molecule has 0 saturated heterocycles.